The van der Waals surface area contributed by atoms with Gasteiger partial charge >= 0.3 is 5.97 Å². The van der Waals surface area contributed by atoms with Crippen LogP contribution in [-0.2, 0) is 17.8 Å². The summed E-state index contributed by atoms with van der Waals surface area (Å²) < 4.78 is 0. The van der Waals surface area contributed by atoms with Crippen molar-refractivity contribution < 1.29 is 9.90 Å². The zero-order chi connectivity index (χ0) is 13.0. The molecule has 0 aromatic carbocycles. The molecule has 1 aromatic rings. The van der Waals surface area contributed by atoms with E-state index in [0.29, 0.717) is 6.04 Å². The van der Waals surface area contributed by atoms with E-state index in [1.54, 1.807) is 16.8 Å². The summed E-state index contributed by atoms with van der Waals surface area (Å²) in [7, 11) is 2.14. The molecule has 100 valence electrons. The van der Waals surface area contributed by atoms with Gasteiger partial charge in [-0.05, 0) is 19.9 Å². The smallest absolute Gasteiger partial charge is 0.309 e. The van der Waals surface area contributed by atoms with Gasteiger partial charge in [-0.2, -0.15) is 0 Å². The van der Waals surface area contributed by atoms with Crippen LogP contribution < -0.4 is 0 Å². The van der Waals surface area contributed by atoms with Crippen LogP contribution in [0.4, 0.5) is 0 Å². The van der Waals surface area contributed by atoms with Gasteiger partial charge in [-0.25, -0.2) is 4.98 Å². The number of nitrogens with zero attached hydrogens (tertiary/aromatic N) is 2. The molecule has 0 spiro atoms. The minimum Gasteiger partial charge on any atom is -0.481 e. The first-order valence-electron chi connectivity index (χ1n) is 6.50. The first-order chi connectivity index (χ1) is 8.66. The molecular weight excluding hydrogens is 248 g/mol. The Bertz CT molecular complexity index is 399. The summed E-state index contributed by atoms with van der Waals surface area (Å²) in [4.78, 5) is 18.4. The number of hydrogen-bond donors (Lipinski definition) is 1. The average Bonchev–Trinajstić information content (AvgIpc) is 2.77. The SMILES string of the molecule is CN(Cc1scnc1CC(=O)O)C1CCCCC1. The van der Waals surface area contributed by atoms with Gasteiger partial charge in [0, 0.05) is 17.5 Å². The second-order valence-electron chi connectivity index (χ2n) is 5.00. The van der Waals surface area contributed by atoms with E-state index in [0.717, 1.165) is 17.1 Å². The largest absolute Gasteiger partial charge is 0.481 e. The number of aliphatic carboxylic acids is 1. The summed E-state index contributed by atoms with van der Waals surface area (Å²) in [5.74, 6) is -0.803. The van der Waals surface area contributed by atoms with Crippen LogP contribution in [0.1, 0.15) is 42.7 Å². The Labute approximate surface area is 112 Å². The molecule has 2 rings (SSSR count). The first kappa shape index (κ1) is 13.5. The highest BCUT2D eigenvalue weighted by atomic mass is 32.1. The van der Waals surface area contributed by atoms with Crippen molar-refractivity contribution in [3.63, 3.8) is 0 Å². The van der Waals surface area contributed by atoms with Crippen LogP contribution in [0.25, 0.3) is 0 Å². The van der Waals surface area contributed by atoms with Gasteiger partial charge in [0.25, 0.3) is 0 Å². The number of carboxylic acids is 1. The van der Waals surface area contributed by atoms with Crippen molar-refractivity contribution in [2.45, 2.75) is 51.1 Å². The Balaban J connectivity index is 1.95. The summed E-state index contributed by atoms with van der Waals surface area (Å²) in [5.41, 5.74) is 2.48. The first-order valence-corrected chi connectivity index (χ1v) is 7.38. The molecular formula is C13H20N2O2S. The van der Waals surface area contributed by atoms with Crippen LogP contribution in [0.5, 0.6) is 0 Å². The fraction of sp³-hybridized carbons (Fsp3) is 0.692. The van der Waals surface area contributed by atoms with Gasteiger partial charge in [0.1, 0.15) is 0 Å². The van der Waals surface area contributed by atoms with Gasteiger partial charge in [-0.3, -0.25) is 9.69 Å². The minimum absolute atomic E-state index is 0.0390. The van der Waals surface area contributed by atoms with E-state index in [1.807, 2.05) is 0 Å². The lowest BCUT2D eigenvalue weighted by Gasteiger charge is -2.30. The molecule has 1 aromatic heterocycles. The van der Waals surface area contributed by atoms with Gasteiger partial charge < -0.3 is 5.11 Å². The van der Waals surface area contributed by atoms with Crippen molar-refractivity contribution in [3.8, 4) is 0 Å². The van der Waals surface area contributed by atoms with E-state index in [2.05, 4.69) is 16.9 Å². The second kappa shape index (κ2) is 6.29. The number of hydrogen-bond acceptors (Lipinski definition) is 4. The standard InChI is InChI=1S/C13H20N2O2S/c1-15(10-5-3-2-4-6-10)8-12-11(7-13(16)17)14-9-18-12/h9-10H,2-8H2,1H3,(H,16,17). The highest BCUT2D eigenvalue weighted by molar-refractivity contribution is 7.09. The summed E-state index contributed by atoms with van der Waals surface area (Å²) in [6, 6.07) is 0.651. The Kier molecular flexibility index (Phi) is 4.72. The minimum atomic E-state index is -0.803. The Morgan fingerprint density at radius 2 is 2.22 bits per heavy atom. The molecule has 0 aliphatic heterocycles. The molecule has 1 aliphatic carbocycles. The monoisotopic (exact) mass is 268 g/mol. The quantitative estimate of drug-likeness (QED) is 0.891. The third kappa shape index (κ3) is 3.53. The Morgan fingerprint density at radius 1 is 1.50 bits per heavy atom. The molecule has 1 aliphatic rings. The number of rotatable bonds is 5. The van der Waals surface area contributed by atoms with Crippen molar-refractivity contribution >= 4 is 17.3 Å². The van der Waals surface area contributed by atoms with Crippen molar-refractivity contribution in [2.75, 3.05) is 7.05 Å². The van der Waals surface area contributed by atoms with Crippen molar-refractivity contribution in [1.29, 1.82) is 0 Å². The van der Waals surface area contributed by atoms with E-state index in [4.69, 9.17) is 5.11 Å². The molecule has 0 saturated heterocycles. The third-order valence-electron chi connectivity index (χ3n) is 3.64. The van der Waals surface area contributed by atoms with Crippen LogP contribution in [0.15, 0.2) is 5.51 Å². The zero-order valence-electron chi connectivity index (χ0n) is 10.8. The molecule has 4 nitrogen and oxygen atoms in total. The Hall–Kier alpha value is -0.940. The summed E-state index contributed by atoms with van der Waals surface area (Å²) in [6.07, 6.45) is 6.57. The molecule has 0 atom stereocenters. The number of carbonyl (C=O) groups is 1. The van der Waals surface area contributed by atoms with E-state index < -0.39 is 5.97 Å². The molecule has 0 amide bonds. The van der Waals surface area contributed by atoms with Crippen molar-refractivity contribution in [2.24, 2.45) is 0 Å². The van der Waals surface area contributed by atoms with Crippen molar-refractivity contribution in [1.82, 2.24) is 9.88 Å². The maximum Gasteiger partial charge on any atom is 0.309 e. The van der Waals surface area contributed by atoms with Crippen LogP contribution >= 0.6 is 11.3 Å². The maximum atomic E-state index is 10.8. The van der Waals surface area contributed by atoms with Gasteiger partial charge in [-0.1, -0.05) is 19.3 Å². The summed E-state index contributed by atoms with van der Waals surface area (Å²) in [6.45, 7) is 0.831. The number of thiazole rings is 1. The molecule has 0 unspecified atom stereocenters. The molecule has 1 fully saturated rings. The Morgan fingerprint density at radius 3 is 2.89 bits per heavy atom. The molecule has 0 bridgehead atoms. The summed E-state index contributed by atoms with van der Waals surface area (Å²) in [5, 5.41) is 8.84. The van der Waals surface area contributed by atoms with Gasteiger partial charge in [-0.15, -0.1) is 11.3 Å². The lowest BCUT2D eigenvalue weighted by atomic mass is 9.94. The van der Waals surface area contributed by atoms with E-state index in [-0.39, 0.29) is 6.42 Å². The molecule has 18 heavy (non-hydrogen) atoms. The molecule has 1 heterocycles. The average molecular weight is 268 g/mol. The fourth-order valence-corrected chi connectivity index (χ4v) is 3.43. The molecule has 1 N–H and O–H groups in total. The van der Waals surface area contributed by atoms with Crippen molar-refractivity contribution in [3.05, 3.63) is 16.1 Å². The molecule has 0 radical (unpaired) electrons. The zero-order valence-corrected chi connectivity index (χ0v) is 11.6. The summed E-state index contributed by atoms with van der Waals surface area (Å²) >= 11 is 1.57. The van der Waals surface area contributed by atoms with Gasteiger partial charge in [0.2, 0.25) is 0 Å². The van der Waals surface area contributed by atoms with E-state index in [9.17, 15) is 4.79 Å². The maximum absolute atomic E-state index is 10.8. The lowest BCUT2D eigenvalue weighted by molar-refractivity contribution is -0.136. The van der Waals surface area contributed by atoms with Crippen LogP contribution in [0, 0.1) is 0 Å². The van der Waals surface area contributed by atoms with Gasteiger partial charge in [0.05, 0.1) is 17.6 Å². The third-order valence-corrected chi connectivity index (χ3v) is 4.50. The highest BCUT2D eigenvalue weighted by Crippen LogP contribution is 2.24. The number of aromatic nitrogens is 1. The van der Waals surface area contributed by atoms with E-state index >= 15 is 0 Å². The van der Waals surface area contributed by atoms with E-state index in [1.165, 1.54) is 32.1 Å². The normalized spacial score (nSPS) is 17.2. The predicted octanol–water partition coefficient (Wildman–Crippen LogP) is 2.53. The fourth-order valence-electron chi connectivity index (χ4n) is 2.59. The highest BCUT2D eigenvalue weighted by Gasteiger charge is 2.20. The van der Waals surface area contributed by atoms with Crippen LogP contribution in [0.3, 0.4) is 0 Å². The second-order valence-corrected chi connectivity index (χ2v) is 5.94. The van der Waals surface area contributed by atoms with Gasteiger partial charge in [0.15, 0.2) is 0 Å². The molecule has 1 saturated carbocycles. The topological polar surface area (TPSA) is 53.4 Å². The van der Waals surface area contributed by atoms with Crippen LogP contribution in [0.2, 0.25) is 0 Å². The molecule has 5 heteroatoms. The predicted molar refractivity (Wildman–Crippen MR) is 71.8 cm³/mol. The van der Waals surface area contributed by atoms with Crippen LogP contribution in [-0.4, -0.2) is 34.0 Å². The number of carboxylic acid groups (broad SMARTS) is 1. The lowest BCUT2D eigenvalue weighted by Crippen LogP contribution is -2.32.